The molecule has 1 fully saturated rings. The maximum atomic E-state index is 12.7. The van der Waals surface area contributed by atoms with Crippen LogP contribution in [0.25, 0.3) is 6.08 Å². The maximum Gasteiger partial charge on any atom is 0.266 e. The molecule has 0 unspecified atom stereocenters. The van der Waals surface area contributed by atoms with E-state index in [1.165, 1.54) is 11.8 Å². The van der Waals surface area contributed by atoms with E-state index in [9.17, 15) is 9.59 Å². The number of carbonyl (C=O) groups is 2. The zero-order valence-corrected chi connectivity index (χ0v) is 18.3. The van der Waals surface area contributed by atoms with Crippen LogP contribution in [0.3, 0.4) is 0 Å². The molecular formula is C22H22N2O4S2. The Balaban J connectivity index is 1.52. The van der Waals surface area contributed by atoms with Gasteiger partial charge >= 0.3 is 0 Å². The molecule has 8 heteroatoms. The highest BCUT2D eigenvalue weighted by atomic mass is 32.2. The summed E-state index contributed by atoms with van der Waals surface area (Å²) < 4.78 is 10.8. The predicted octanol–water partition coefficient (Wildman–Crippen LogP) is 4.32. The van der Waals surface area contributed by atoms with E-state index in [1.54, 1.807) is 49.5 Å². The number of benzene rings is 2. The van der Waals surface area contributed by atoms with E-state index in [-0.39, 0.29) is 18.2 Å². The first kappa shape index (κ1) is 21.9. The van der Waals surface area contributed by atoms with Crippen LogP contribution < -0.4 is 14.8 Å². The zero-order chi connectivity index (χ0) is 21.5. The second-order valence-corrected chi connectivity index (χ2v) is 8.17. The van der Waals surface area contributed by atoms with Crippen LogP contribution in [-0.2, 0) is 9.59 Å². The van der Waals surface area contributed by atoms with Gasteiger partial charge in [0.15, 0.2) is 0 Å². The number of thiocarbonyl (C=S) groups is 1. The molecule has 1 N–H and O–H groups in total. The summed E-state index contributed by atoms with van der Waals surface area (Å²) in [7, 11) is 3.19. The number of ether oxygens (including phenoxy) is 2. The zero-order valence-electron chi connectivity index (χ0n) is 16.7. The lowest BCUT2D eigenvalue weighted by Gasteiger charge is -2.14. The number of hydrogen-bond acceptors (Lipinski definition) is 6. The van der Waals surface area contributed by atoms with E-state index in [4.69, 9.17) is 21.7 Å². The van der Waals surface area contributed by atoms with Crippen molar-refractivity contribution in [3.05, 3.63) is 59.0 Å². The van der Waals surface area contributed by atoms with Gasteiger partial charge in [-0.3, -0.25) is 14.5 Å². The first-order valence-corrected chi connectivity index (χ1v) is 10.6. The molecule has 0 aromatic heterocycles. The Kier molecular flexibility index (Phi) is 7.48. The van der Waals surface area contributed by atoms with Crippen LogP contribution in [0.2, 0.25) is 0 Å². The average Bonchev–Trinajstić information content (AvgIpc) is 3.01. The van der Waals surface area contributed by atoms with E-state index < -0.39 is 0 Å². The SMILES string of the molecule is COc1ccc(NC(=O)CCCN2C(=O)C(=Cc3cccc(OC)c3)SC2=S)cc1. The molecule has 1 saturated heterocycles. The molecule has 0 radical (unpaired) electrons. The Bertz CT molecular complexity index is 973. The Morgan fingerprint density at radius 1 is 1.13 bits per heavy atom. The number of thioether (sulfide) groups is 1. The van der Waals surface area contributed by atoms with Crippen LogP contribution in [0, 0.1) is 0 Å². The highest BCUT2D eigenvalue weighted by molar-refractivity contribution is 8.26. The molecule has 1 aliphatic rings. The minimum Gasteiger partial charge on any atom is -0.497 e. The monoisotopic (exact) mass is 442 g/mol. The summed E-state index contributed by atoms with van der Waals surface area (Å²) in [5.74, 6) is 1.20. The molecule has 30 heavy (non-hydrogen) atoms. The van der Waals surface area contributed by atoms with Crippen LogP contribution in [0.5, 0.6) is 11.5 Å². The van der Waals surface area contributed by atoms with Crippen molar-refractivity contribution in [3.63, 3.8) is 0 Å². The molecule has 0 spiro atoms. The van der Waals surface area contributed by atoms with Crippen LogP contribution in [0.15, 0.2) is 53.4 Å². The molecule has 1 aliphatic heterocycles. The summed E-state index contributed by atoms with van der Waals surface area (Å²) in [6, 6.07) is 14.6. The van der Waals surface area contributed by atoms with Gasteiger partial charge in [0, 0.05) is 18.7 Å². The summed E-state index contributed by atoms with van der Waals surface area (Å²) in [5.41, 5.74) is 1.57. The van der Waals surface area contributed by atoms with Gasteiger partial charge in [-0.1, -0.05) is 36.1 Å². The van der Waals surface area contributed by atoms with Gasteiger partial charge < -0.3 is 14.8 Å². The smallest absolute Gasteiger partial charge is 0.266 e. The normalized spacial score (nSPS) is 14.9. The van der Waals surface area contributed by atoms with E-state index in [0.29, 0.717) is 27.9 Å². The summed E-state index contributed by atoms with van der Waals surface area (Å²) in [4.78, 5) is 27.0. The number of methoxy groups -OCH3 is 2. The third-order valence-electron chi connectivity index (χ3n) is 4.42. The van der Waals surface area contributed by atoms with Gasteiger partial charge in [-0.2, -0.15) is 0 Å². The Morgan fingerprint density at radius 3 is 2.57 bits per heavy atom. The quantitative estimate of drug-likeness (QED) is 0.485. The summed E-state index contributed by atoms with van der Waals surface area (Å²) in [6.45, 7) is 0.399. The lowest BCUT2D eigenvalue weighted by Crippen LogP contribution is -2.29. The van der Waals surface area contributed by atoms with Gasteiger partial charge in [0.05, 0.1) is 19.1 Å². The Morgan fingerprint density at radius 2 is 1.87 bits per heavy atom. The number of nitrogens with one attached hydrogen (secondary N) is 1. The van der Waals surface area contributed by atoms with Crippen molar-refractivity contribution in [2.45, 2.75) is 12.8 Å². The molecule has 0 atom stereocenters. The van der Waals surface area contributed by atoms with Crippen molar-refractivity contribution < 1.29 is 19.1 Å². The number of rotatable bonds is 8. The van der Waals surface area contributed by atoms with Crippen molar-refractivity contribution >= 4 is 51.9 Å². The van der Waals surface area contributed by atoms with Gasteiger partial charge in [0.2, 0.25) is 5.91 Å². The third-order valence-corrected chi connectivity index (χ3v) is 5.80. The van der Waals surface area contributed by atoms with Crippen molar-refractivity contribution in [3.8, 4) is 11.5 Å². The molecule has 156 valence electrons. The molecule has 1 heterocycles. The number of anilines is 1. The minimum atomic E-state index is -0.136. The number of amides is 2. The van der Waals surface area contributed by atoms with E-state index in [2.05, 4.69) is 5.32 Å². The molecule has 0 aliphatic carbocycles. The number of hydrogen-bond donors (Lipinski definition) is 1. The molecule has 2 aromatic carbocycles. The lowest BCUT2D eigenvalue weighted by molar-refractivity contribution is -0.122. The fourth-order valence-electron chi connectivity index (χ4n) is 2.87. The summed E-state index contributed by atoms with van der Waals surface area (Å²) >= 11 is 6.63. The molecule has 3 rings (SSSR count). The number of carbonyl (C=O) groups excluding carboxylic acids is 2. The van der Waals surface area contributed by atoms with Crippen LogP contribution in [-0.4, -0.2) is 41.8 Å². The first-order valence-electron chi connectivity index (χ1n) is 9.33. The Labute approximate surface area is 185 Å². The fourth-order valence-corrected chi connectivity index (χ4v) is 4.18. The highest BCUT2D eigenvalue weighted by Crippen LogP contribution is 2.33. The largest absolute Gasteiger partial charge is 0.497 e. The second kappa shape index (κ2) is 10.3. The van der Waals surface area contributed by atoms with Gasteiger partial charge in [-0.25, -0.2) is 0 Å². The predicted molar refractivity (Wildman–Crippen MR) is 124 cm³/mol. The molecule has 2 amide bonds. The molecular weight excluding hydrogens is 420 g/mol. The van der Waals surface area contributed by atoms with Gasteiger partial charge in [0.25, 0.3) is 5.91 Å². The van der Waals surface area contributed by atoms with Crippen molar-refractivity contribution in [1.82, 2.24) is 4.90 Å². The topological polar surface area (TPSA) is 67.9 Å². The average molecular weight is 443 g/mol. The van der Waals surface area contributed by atoms with Gasteiger partial charge in [-0.05, 0) is 54.5 Å². The molecule has 2 aromatic rings. The molecule has 6 nitrogen and oxygen atoms in total. The van der Waals surface area contributed by atoms with Crippen molar-refractivity contribution in [2.24, 2.45) is 0 Å². The number of nitrogens with zero attached hydrogens (tertiary/aromatic N) is 1. The summed E-state index contributed by atoms with van der Waals surface area (Å²) in [5, 5.41) is 2.83. The molecule has 0 bridgehead atoms. The fraction of sp³-hybridized carbons (Fsp3) is 0.227. The van der Waals surface area contributed by atoms with Crippen molar-refractivity contribution in [2.75, 3.05) is 26.1 Å². The van der Waals surface area contributed by atoms with Crippen molar-refractivity contribution in [1.29, 1.82) is 0 Å². The first-order chi connectivity index (χ1) is 14.5. The van der Waals surface area contributed by atoms with E-state index in [1.807, 2.05) is 24.3 Å². The van der Waals surface area contributed by atoms with Crippen LogP contribution >= 0.6 is 24.0 Å². The summed E-state index contributed by atoms with van der Waals surface area (Å²) in [6.07, 6.45) is 2.61. The maximum absolute atomic E-state index is 12.7. The van der Waals surface area contributed by atoms with E-state index in [0.717, 1.165) is 17.1 Å². The van der Waals surface area contributed by atoms with Gasteiger partial charge in [-0.15, -0.1) is 0 Å². The van der Waals surface area contributed by atoms with Crippen LogP contribution in [0.4, 0.5) is 5.69 Å². The second-order valence-electron chi connectivity index (χ2n) is 6.49. The lowest BCUT2D eigenvalue weighted by atomic mass is 10.2. The standard InChI is InChI=1S/C22H22N2O4S2/c1-27-17-10-8-16(9-11-17)23-20(25)7-4-12-24-21(26)19(30-22(24)29)14-15-5-3-6-18(13-15)28-2/h3,5-6,8-11,13-14H,4,7,12H2,1-2H3,(H,23,25). The molecule has 0 saturated carbocycles. The van der Waals surface area contributed by atoms with Crippen LogP contribution in [0.1, 0.15) is 18.4 Å². The third kappa shape index (κ3) is 5.61. The minimum absolute atomic E-state index is 0.113. The highest BCUT2D eigenvalue weighted by Gasteiger charge is 2.31. The van der Waals surface area contributed by atoms with Gasteiger partial charge in [0.1, 0.15) is 15.8 Å². The van der Waals surface area contributed by atoms with E-state index >= 15 is 0 Å². The Hall–Kier alpha value is -2.84.